The number of allylic oxidation sites excluding steroid dienone is 20. The summed E-state index contributed by atoms with van der Waals surface area (Å²) in [5, 5.41) is 9.80. The van der Waals surface area contributed by atoms with Gasteiger partial charge in [-0.05, 0) is 116 Å². The lowest BCUT2D eigenvalue weighted by Gasteiger charge is -2.21. The van der Waals surface area contributed by atoms with E-state index in [0.717, 1.165) is 141 Å². The van der Waals surface area contributed by atoms with Crippen molar-refractivity contribution < 1.29 is 52.2 Å². The Morgan fingerprint density at radius 1 is 0.382 bits per heavy atom. The van der Waals surface area contributed by atoms with Crippen LogP contribution in [-0.2, 0) is 42.2 Å². The lowest BCUT2D eigenvalue weighted by molar-refractivity contribution is -0.161. The molecule has 3 atom stereocenters. The van der Waals surface area contributed by atoms with Crippen molar-refractivity contribution >= 4 is 25.7 Å². The van der Waals surface area contributed by atoms with E-state index in [4.69, 9.17) is 23.3 Å². The van der Waals surface area contributed by atoms with Crippen LogP contribution in [0.15, 0.2) is 122 Å². The van der Waals surface area contributed by atoms with Crippen LogP contribution in [0.25, 0.3) is 0 Å². The Balaban J connectivity index is 4.83. The molecule has 0 saturated carbocycles. The van der Waals surface area contributed by atoms with Gasteiger partial charge >= 0.3 is 25.7 Å². The SMILES string of the molecule is CC/C=C\C/C=C\C/C=C\C/C=C\CCC(=O)OC(CO)COP(=O)(O)OCC(COC(=O)CCCCCCCC/C=C\C/C=C\C/C=C\CCCCC)OC(=O)CCCCCCCCC/C=C\C/C=C\C/C=C\CC. The highest BCUT2D eigenvalue weighted by Crippen LogP contribution is 2.43. The van der Waals surface area contributed by atoms with Gasteiger partial charge in [0.15, 0.2) is 6.10 Å². The third-order valence-electron chi connectivity index (χ3n) is 11.9. The summed E-state index contributed by atoms with van der Waals surface area (Å²) < 4.78 is 39.4. The number of rotatable bonds is 53. The lowest BCUT2D eigenvalue weighted by Crippen LogP contribution is -2.30. The largest absolute Gasteiger partial charge is 0.472 e. The van der Waals surface area contributed by atoms with Crippen molar-refractivity contribution in [2.75, 3.05) is 26.4 Å². The first-order valence-corrected chi connectivity index (χ1v) is 30.9. The summed E-state index contributed by atoms with van der Waals surface area (Å²) in [6.07, 6.45) is 70.3. The van der Waals surface area contributed by atoms with E-state index in [1.165, 1.54) is 25.7 Å². The second kappa shape index (κ2) is 57.1. The van der Waals surface area contributed by atoms with Gasteiger partial charge in [-0.3, -0.25) is 23.4 Å². The molecule has 0 radical (unpaired) electrons. The van der Waals surface area contributed by atoms with Gasteiger partial charge in [-0.1, -0.05) is 213 Å². The van der Waals surface area contributed by atoms with E-state index >= 15 is 0 Å². The maximum absolute atomic E-state index is 12.9. The minimum Gasteiger partial charge on any atom is -0.462 e. The summed E-state index contributed by atoms with van der Waals surface area (Å²) in [7, 11) is -4.78. The second-order valence-electron chi connectivity index (χ2n) is 19.0. The second-order valence-corrected chi connectivity index (χ2v) is 20.5. The Labute approximate surface area is 462 Å². The monoisotopic (exact) mass is 1080 g/mol. The van der Waals surface area contributed by atoms with Crippen LogP contribution in [0.5, 0.6) is 0 Å². The molecular formula is C64H105O11P. The molecule has 2 N–H and O–H groups in total. The molecule has 0 aromatic heterocycles. The molecule has 0 aliphatic heterocycles. The van der Waals surface area contributed by atoms with E-state index < -0.39 is 57.8 Å². The van der Waals surface area contributed by atoms with Crippen molar-refractivity contribution in [2.24, 2.45) is 0 Å². The number of aliphatic hydroxyl groups is 1. The third kappa shape index (κ3) is 54.7. The zero-order valence-corrected chi connectivity index (χ0v) is 48.6. The van der Waals surface area contributed by atoms with Gasteiger partial charge < -0.3 is 24.2 Å². The number of unbranched alkanes of at least 4 members (excludes halogenated alkanes) is 16. The van der Waals surface area contributed by atoms with Crippen molar-refractivity contribution in [3.05, 3.63) is 122 Å². The number of carbonyl (C=O) groups is 3. The van der Waals surface area contributed by atoms with Gasteiger partial charge in [-0.15, -0.1) is 0 Å². The maximum atomic E-state index is 12.9. The minimum atomic E-state index is -4.78. The van der Waals surface area contributed by atoms with Crippen molar-refractivity contribution in [1.29, 1.82) is 0 Å². The predicted molar refractivity (Wildman–Crippen MR) is 316 cm³/mol. The van der Waals surface area contributed by atoms with Gasteiger partial charge in [0.25, 0.3) is 0 Å². The topological polar surface area (TPSA) is 155 Å². The molecule has 76 heavy (non-hydrogen) atoms. The number of hydrogen-bond acceptors (Lipinski definition) is 10. The summed E-state index contributed by atoms with van der Waals surface area (Å²) >= 11 is 0. The van der Waals surface area contributed by atoms with Crippen molar-refractivity contribution in [3.63, 3.8) is 0 Å². The first-order valence-electron chi connectivity index (χ1n) is 29.4. The summed E-state index contributed by atoms with van der Waals surface area (Å²) in [4.78, 5) is 48.6. The van der Waals surface area contributed by atoms with Gasteiger partial charge in [0, 0.05) is 19.3 Å². The lowest BCUT2D eigenvalue weighted by atomic mass is 10.1. The number of carbonyl (C=O) groups excluding carboxylic acids is 3. The molecule has 0 aromatic rings. The zero-order chi connectivity index (χ0) is 55.5. The van der Waals surface area contributed by atoms with Crippen molar-refractivity contribution in [3.8, 4) is 0 Å². The number of phosphoric ester groups is 1. The Morgan fingerprint density at radius 3 is 1.13 bits per heavy atom. The molecule has 3 unspecified atom stereocenters. The molecule has 432 valence electrons. The number of esters is 3. The Morgan fingerprint density at radius 2 is 0.711 bits per heavy atom. The van der Waals surface area contributed by atoms with Crippen LogP contribution < -0.4 is 0 Å². The van der Waals surface area contributed by atoms with E-state index in [0.29, 0.717) is 19.3 Å². The molecule has 0 fully saturated rings. The predicted octanol–water partition coefficient (Wildman–Crippen LogP) is 17.6. The molecule has 0 heterocycles. The maximum Gasteiger partial charge on any atom is 0.472 e. The quantitative estimate of drug-likeness (QED) is 0.0197. The standard InChI is InChI=1S/C64H105O11P/c1-4-7-10-13-16-19-22-25-27-29-30-32-33-36-38-41-44-47-50-53-62(66)71-57-61(75-64(68)55-52-49-46-43-40-37-34-31-28-26-23-20-17-14-11-8-5-2)59-73-76(69,70)72-58-60(56-65)74-63(67)54-51-48-45-42-39-35-24-21-18-15-12-9-6-3/h8-9,11-12,16-21,25-28,30,32,35,39,45,48,60-61,65H,4-7,10,13-15,22-24,29,31,33-34,36-38,40-44,46-47,49-59H2,1-3H3,(H,69,70)/b11-8-,12-9-,19-16-,20-17-,21-18-,27-25-,28-26-,32-30-,39-35-,48-45-. The van der Waals surface area contributed by atoms with Crippen LogP contribution in [0, 0.1) is 0 Å². The fourth-order valence-electron chi connectivity index (χ4n) is 7.45. The molecule has 0 aliphatic carbocycles. The highest BCUT2D eigenvalue weighted by atomic mass is 31.2. The van der Waals surface area contributed by atoms with E-state index in [9.17, 15) is 28.9 Å². The molecule has 0 rings (SSSR count). The molecule has 0 aliphatic rings. The highest BCUT2D eigenvalue weighted by Gasteiger charge is 2.28. The minimum absolute atomic E-state index is 0.0489. The first kappa shape index (κ1) is 71.9. The van der Waals surface area contributed by atoms with Crippen LogP contribution in [0.2, 0.25) is 0 Å². The normalized spacial score (nSPS) is 14.2. The van der Waals surface area contributed by atoms with Crippen LogP contribution in [0.1, 0.15) is 226 Å². The van der Waals surface area contributed by atoms with Crippen molar-refractivity contribution in [2.45, 2.75) is 238 Å². The number of ether oxygens (including phenoxy) is 3. The van der Waals surface area contributed by atoms with Gasteiger partial charge in [0.05, 0.1) is 19.8 Å². The van der Waals surface area contributed by atoms with Gasteiger partial charge in [0.2, 0.25) is 0 Å². The summed E-state index contributed by atoms with van der Waals surface area (Å²) in [5.41, 5.74) is 0. The van der Waals surface area contributed by atoms with Crippen LogP contribution in [0.3, 0.4) is 0 Å². The Hall–Kier alpha value is -4.12. The molecule has 0 saturated heterocycles. The van der Waals surface area contributed by atoms with E-state index in [1.807, 2.05) is 18.2 Å². The molecule has 0 spiro atoms. The van der Waals surface area contributed by atoms with E-state index in [1.54, 1.807) is 0 Å². The summed E-state index contributed by atoms with van der Waals surface area (Å²) in [6.45, 7) is 4.27. The fourth-order valence-corrected chi connectivity index (χ4v) is 8.23. The summed E-state index contributed by atoms with van der Waals surface area (Å²) in [5.74, 6) is -1.59. The molecular weight excluding hydrogens is 976 g/mol. The Kier molecular flexibility index (Phi) is 54.0. The Bertz CT molecular complexity index is 1740. The number of phosphoric acid groups is 1. The van der Waals surface area contributed by atoms with Crippen LogP contribution in [0.4, 0.5) is 0 Å². The zero-order valence-electron chi connectivity index (χ0n) is 47.7. The number of hydrogen-bond donors (Lipinski definition) is 2. The van der Waals surface area contributed by atoms with Gasteiger partial charge in [0.1, 0.15) is 12.7 Å². The molecule has 12 heteroatoms. The van der Waals surface area contributed by atoms with Crippen LogP contribution >= 0.6 is 7.82 Å². The molecule has 0 amide bonds. The molecule has 11 nitrogen and oxygen atoms in total. The smallest absolute Gasteiger partial charge is 0.462 e. The van der Waals surface area contributed by atoms with E-state index in [2.05, 4.69) is 124 Å². The van der Waals surface area contributed by atoms with E-state index in [-0.39, 0.29) is 25.9 Å². The number of aliphatic hydroxyl groups excluding tert-OH is 1. The van der Waals surface area contributed by atoms with Gasteiger partial charge in [-0.25, -0.2) is 4.57 Å². The van der Waals surface area contributed by atoms with Gasteiger partial charge in [-0.2, -0.15) is 0 Å². The third-order valence-corrected chi connectivity index (χ3v) is 12.8. The van der Waals surface area contributed by atoms with Crippen molar-refractivity contribution in [1.82, 2.24) is 0 Å². The average Bonchev–Trinajstić information content (AvgIpc) is 3.41. The van der Waals surface area contributed by atoms with Crippen LogP contribution in [-0.4, -0.2) is 66.5 Å². The molecule has 0 aromatic carbocycles. The highest BCUT2D eigenvalue weighted by molar-refractivity contribution is 7.47. The average molecular weight is 1080 g/mol. The summed E-state index contributed by atoms with van der Waals surface area (Å²) in [6, 6.07) is 0. The first-order chi connectivity index (χ1) is 37.2. The molecule has 0 bridgehead atoms. The fraction of sp³-hybridized carbons (Fsp3) is 0.641.